The van der Waals surface area contributed by atoms with Gasteiger partial charge in [-0.05, 0) is 36.2 Å². The summed E-state index contributed by atoms with van der Waals surface area (Å²) in [6.45, 7) is 1.95. The highest BCUT2D eigenvalue weighted by atomic mass is 19.4. The van der Waals surface area contributed by atoms with Crippen LogP contribution >= 0.6 is 0 Å². The number of hydrogen-bond donors (Lipinski definition) is 2. The molecule has 0 saturated heterocycles. The second-order valence-electron chi connectivity index (χ2n) is 7.14. The van der Waals surface area contributed by atoms with Crippen molar-refractivity contribution >= 4 is 16.7 Å². The number of nitrogens with two attached hydrogens (primary N) is 1. The van der Waals surface area contributed by atoms with E-state index in [1.807, 2.05) is 13.0 Å². The van der Waals surface area contributed by atoms with Crippen LogP contribution < -0.4 is 5.73 Å². The van der Waals surface area contributed by atoms with Crippen molar-refractivity contribution in [1.82, 2.24) is 19.9 Å². The Balaban J connectivity index is 1.75. The number of aromatic nitrogens is 4. The molecule has 9 heteroatoms. The minimum Gasteiger partial charge on any atom is -0.382 e. The van der Waals surface area contributed by atoms with E-state index in [0.717, 1.165) is 5.56 Å². The number of benzene rings is 1. The number of hydrogen-bond acceptors (Lipinski definition) is 6. The lowest BCUT2D eigenvalue weighted by atomic mass is 10.1. The van der Waals surface area contributed by atoms with Gasteiger partial charge in [-0.15, -0.1) is 0 Å². The molecule has 1 atom stereocenters. The molecule has 3 N–H and O–H groups in total. The zero-order chi connectivity index (χ0) is 23.6. The van der Waals surface area contributed by atoms with Gasteiger partial charge in [0.1, 0.15) is 11.3 Å². The summed E-state index contributed by atoms with van der Waals surface area (Å²) in [5, 5.41) is 10.2. The number of nitrogen functional groups attached to an aromatic ring is 1. The minimum atomic E-state index is -4.70. The number of aliphatic hydroxyl groups excluding tert-OH is 1. The zero-order valence-electron chi connectivity index (χ0n) is 17.4. The first-order chi connectivity index (χ1) is 15.8. The Morgan fingerprint density at radius 3 is 2.64 bits per heavy atom. The van der Waals surface area contributed by atoms with Gasteiger partial charge in [0.15, 0.2) is 17.6 Å². The molecule has 0 aliphatic carbocycles. The Labute approximate surface area is 187 Å². The van der Waals surface area contributed by atoms with Gasteiger partial charge in [0.2, 0.25) is 0 Å². The molecular weight excluding hydrogens is 431 g/mol. The lowest BCUT2D eigenvalue weighted by Crippen LogP contribution is -2.11. The summed E-state index contributed by atoms with van der Waals surface area (Å²) in [4.78, 5) is 16.0. The Morgan fingerprint density at radius 1 is 1.06 bits per heavy atom. The van der Waals surface area contributed by atoms with Crippen molar-refractivity contribution in [2.75, 3.05) is 5.73 Å². The van der Waals surface area contributed by atoms with E-state index < -0.39 is 18.0 Å². The standard InChI is InChI=1S/C24H18F3N5O/c1-2-15-7-4-11-29-19(15)18(33)9-8-14-5-3-6-16(13-14)23-31-20-17(10-12-30-22(20)28)21(32-23)24(25,26)27/h3-7,10-13,18,33H,2H2,1H3,(H2,28,30)/t18-/m1/s1. The Bertz CT molecular complexity index is 1390. The first-order valence-electron chi connectivity index (χ1n) is 10.0. The first kappa shape index (κ1) is 22.2. The van der Waals surface area contributed by atoms with E-state index >= 15 is 0 Å². The summed E-state index contributed by atoms with van der Waals surface area (Å²) in [7, 11) is 0. The highest BCUT2D eigenvalue weighted by molar-refractivity contribution is 5.90. The average molecular weight is 449 g/mol. The quantitative estimate of drug-likeness (QED) is 0.452. The smallest absolute Gasteiger partial charge is 0.382 e. The van der Waals surface area contributed by atoms with E-state index in [1.54, 1.807) is 36.5 Å². The number of pyridine rings is 2. The van der Waals surface area contributed by atoms with Gasteiger partial charge < -0.3 is 10.8 Å². The van der Waals surface area contributed by atoms with Crippen molar-refractivity contribution in [2.45, 2.75) is 25.6 Å². The van der Waals surface area contributed by atoms with Gasteiger partial charge in [-0.2, -0.15) is 13.2 Å². The third kappa shape index (κ3) is 4.61. The van der Waals surface area contributed by atoms with Gasteiger partial charge >= 0.3 is 6.18 Å². The lowest BCUT2D eigenvalue weighted by molar-refractivity contribution is -0.139. The molecular formula is C24H18F3N5O. The summed E-state index contributed by atoms with van der Waals surface area (Å²) in [6, 6.07) is 11.2. The summed E-state index contributed by atoms with van der Waals surface area (Å²) >= 11 is 0. The van der Waals surface area contributed by atoms with Gasteiger partial charge in [-0.25, -0.2) is 15.0 Å². The van der Waals surface area contributed by atoms with Crippen molar-refractivity contribution in [2.24, 2.45) is 0 Å². The number of halogens is 3. The van der Waals surface area contributed by atoms with Gasteiger partial charge in [0.25, 0.3) is 0 Å². The number of rotatable bonds is 3. The maximum atomic E-state index is 13.6. The number of anilines is 1. The Hall–Kier alpha value is -4.03. The summed E-state index contributed by atoms with van der Waals surface area (Å²) in [5.41, 5.74) is 6.75. The largest absolute Gasteiger partial charge is 0.434 e. The molecule has 4 rings (SSSR count). The van der Waals surface area contributed by atoms with E-state index in [0.29, 0.717) is 23.2 Å². The molecule has 0 fully saturated rings. The number of alkyl halides is 3. The second kappa shape index (κ2) is 8.84. The zero-order valence-corrected chi connectivity index (χ0v) is 17.4. The van der Waals surface area contributed by atoms with Crippen LogP contribution in [0.25, 0.3) is 22.3 Å². The molecule has 0 unspecified atom stereocenters. The van der Waals surface area contributed by atoms with Crippen LogP contribution in [0, 0.1) is 11.8 Å². The molecule has 1 aromatic carbocycles. The summed E-state index contributed by atoms with van der Waals surface area (Å²) < 4.78 is 40.9. The SMILES string of the molecule is CCc1cccnc1[C@H](O)C#Cc1cccc(-c2nc(C(F)(F)F)c3ccnc(N)c3n2)c1. The van der Waals surface area contributed by atoms with Gasteiger partial charge in [0.05, 0.1) is 5.69 Å². The fourth-order valence-electron chi connectivity index (χ4n) is 3.37. The normalized spacial score (nSPS) is 12.3. The van der Waals surface area contributed by atoms with Crippen molar-refractivity contribution in [3.8, 4) is 23.2 Å². The molecule has 0 spiro atoms. The predicted molar refractivity (Wildman–Crippen MR) is 118 cm³/mol. The highest BCUT2D eigenvalue weighted by Crippen LogP contribution is 2.35. The second-order valence-corrected chi connectivity index (χ2v) is 7.14. The van der Waals surface area contributed by atoms with Crippen molar-refractivity contribution in [3.05, 3.63) is 77.4 Å². The van der Waals surface area contributed by atoms with E-state index in [2.05, 4.69) is 31.8 Å². The summed E-state index contributed by atoms with van der Waals surface area (Å²) in [5.74, 6) is 5.30. The number of fused-ring (bicyclic) bond motifs is 1. The van der Waals surface area contributed by atoms with Crippen LogP contribution in [0.5, 0.6) is 0 Å². The van der Waals surface area contributed by atoms with Crippen LogP contribution in [0.1, 0.15) is 35.5 Å². The highest BCUT2D eigenvalue weighted by Gasteiger charge is 2.36. The average Bonchev–Trinajstić information content (AvgIpc) is 2.81. The maximum Gasteiger partial charge on any atom is 0.434 e. The number of aliphatic hydroxyl groups is 1. The van der Waals surface area contributed by atoms with Gasteiger partial charge in [-0.1, -0.05) is 37.0 Å². The molecule has 6 nitrogen and oxygen atoms in total. The topological polar surface area (TPSA) is 97.8 Å². The molecule has 166 valence electrons. The van der Waals surface area contributed by atoms with E-state index in [-0.39, 0.29) is 22.5 Å². The molecule has 0 bridgehead atoms. The van der Waals surface area contributed by atoms with E-state index in [1.165, 1.54) is 12.3 Å². The fourth-order valence-corrected chi connectivity index (χ4v) is 3.37. The fraction of sp³-hybridized carbons (Fsp3) is 0.167. The van der Waals surface area contributed by atoms with Crippen molar-refractivity contribution in [1.29, 1.82) is 0 Å². The predicted octanol–water partition coefficient (Wildman–Crippen LogP) is 4.34. The molecule has 4 aromatic rings. The lowest BCUT2D eigenvalue weighted by Gasteiger charge is -2.12. The van der Waals surface area contributed by atoms with E-state index in [9.17, 15) is 18.3 Å². The third-order valence-corrected chi connectivity index (χ3v) is 4.95. The third-order valence-electron chi connectivity index (χ3n) is 4.95. The van der Waals surface area contributed by atoms with Gasteiger partial charge in [0, 0.05) is 28.9 Å². The molecule has 0 saturated carbocycles. The van der Waals surface area contributed by atoms with Crippen LogP contribution in [0.15, 0.2) is 54.9 Å². The molecule has 33 heavy (non-hydrogen) atoms. The molecule has 3 aromatic heterocycles. The summed E-state index contributed by atoms with van der Waals surface area (Å²) in [6.07, 6.45) is -2.36. The molecule has 0 radical (unpaired) electrons. The Kier molecular flexibility index (Phi) is 5.94. The van der Waals surface area contributed by atoms with Gasteiger partial charge in [-0.3, -0.25) is 4.98 Å². The van der Waals surface area contributed by atoms with Crippen LogP contribution in [0.4, 0.5) is 19.0 Å². The van der Waals surface area contributed by atoms with Crippen LogP contribution in [-0.4, -0.2) is 25.0 Å². The van der Waals surface area contributed by atoms with Crippen molar-refractivity contribution in [3.63, 3.8) is 0 Å². The molecule has 0 amide bonds. The molecule has 0 aliphatic heterocycles. The maximum absolute atomic E-state index is 13.6. The molecule has 0 aliphatic rings. The van der Waals surface area contributed by atoms with Crippen LogP contribution in [0.2, 0.25) is 0 Å². The van der Waals surface area contributed by atoms with Crippen LogP contribution in [-0.2, 0) is 12.6 Å². The molecule has 3 heterocycles. The number of aryl methyl sites for hydroxylation is 1. The monoisotopic (exact) mass is 449 g/mol. The van der Waals surface area contributed by atoms with Crippen LogP contribution in [0.3, 0.4) is 0 Å². The van der Waals surface area contributed by atoms with E-state index in [4.69, 9.17) is 5.73 Å². The first-order valence-corrected chi connectivity index (χ1v) is 10.0. The number of nitrogens with zero attached hydrogens (tertiary/aromatic N) is 4. The Morgan fingerprint density at radius 2 is 1.88 bits per heavy atom. The van der Waals surface area contributed by atoms with Crippen molar-refractivity contribution < 1.29 is 18.3 Å². The minimum absolute atomic E-state index is 0.0796.